The van der Waals surface area contributed by atoms with Gasteiger partial charge in [-0.1, -0.05) is 24.2 Å². The molecule has 1 saturated carbocycles. The first kappa shape index (κ1) is 18.6. The van der Waals surface area contributed by atoms with Crippen LogP contribution in [0.5, 0.6) is 0 Å². The Labute approximate surface area is 159 Å². The lowest BCUT2D eigenvalue weighted by atomic mass is 10.1. The summed E-state index contributed by atoms with van der Waals surface area (Å²) >= 11 is 0. The van der Waals surface area contributed by atoms with E-state index in [-0.39, 0.29) is 12.7 Å². The number of hydrogen-bond acceptors (Lipinski definition) is 6. The quantitative estimate of drug-likeness (QED) is 0.721. The van der Waals surface area contributed by atoms with E-state index < -0.39 is 10.0 Å². The van der Waals surface area contributed by atoms with E-state index >= 15 is 0 Å². The average Bonchev–Trinajstić information content (AvgIpc) is 3.45. The molecule has 0 unspecified atom stereocenters. The minimum absolute atomic E-state index is 0.00944. The maximum absolute atomic E-state index is 12.8. The Morgan fingerprint density at radius 2 is 1.85 bits per heavy atom. The summed E-state index contributed by atoms with van der Waals surface area (Å²) in [5, 5.41) is 3.98. The molecule has 2 aliphatic rings. The van der Waals surface area contributed by atoms with Crippen LogP contribution in [0.25, 0.3) is 0 Å². The van der Waals surface area contributed by atoms with Crippen molar-refractivity contribution in [1.29, 1.82) is 0 Å². The van der Waals surface area contributed by atoms with E-state index in [2.05, 4.69) is 17.1 Å². The molecule has 146 valence electrons. The van der Waals surface area contributed by atoms with Crippen LogP contribution in [-0.2, 0) is 27.8 Å². The van der Waals surface area contributed by atoms with Gasteiger partial charge in [0.2, 0.25) is 10.0 Å². The molecule has 2 fully saturated rings. The molecular weight excluding hydrogens is 366 g/mol. The number of aryl methyl sites for hydroxylation is 1. The largest absolute Gasteiger partial charge is 0.368 e. The Morgan fingerprint density at radius 1 is 1.15 bits per heavy atom. The van der Waals surface area contributed by atoms with Gasteiger partial charge in [0.1, 0.15) is 6.61 Å². The summed E-state index contributed by atoms with van der Waals surface area (Å²) < 4.78 is 38.2. The van der Waals surface area contributed by atoms with Crippen molar-refractivity contribution in [3.63, 3.8) is 0 Å². The summed E-state index contributed by atoms with van der Waals surface area (Å²) in [5.74, 6) is 1.74. The van der Waals surface area contributed by atoms with E-state index in [9.17, 15) is 8.42 Å². The van der Waals surface area contributed by atoms with E-state index in [4.69, 9.17) is 9.26 Å². The van der Waals surface area contributed by atoms with Crippen LogP contribution in [0.2, 0.25) is 0 Å². The Morgan fingerprint density at radius 3 is 2.48 bits per heavy atom. The van der Waals surface area contributed by atoms with Crippen LogP contribution in [-0.4, -0.2) is 42.1 Å². The van der Waals surface area contributed by atoms with E-state index in [0.717, 1.165) is 30.7 Å². The van der Waals surface area contributed by atoms with Gasteiger partial charge < -0.3 is 9.26 Å². The topological polar surface area (TPSA) is 85.5 Å². The van der Waals surface area contributed by atoms with Crippen LogP contribution in [0, 0.1) is 0 Å². The summed E-state index contributed by atoms with van der Waals surface area (Å²) in [6.07, 6.45) is 4.49. The molecule has 0 atom stereocenters. The first-order valence-electron chi connectivity index (χ1n) is 9.59. The van der Waals surface area contributed by atoms with Gasteiger partial charge in [-0.2, -0.15) is 9.29 Å². The molecule has 1 aliphatic carbocycles. The Hall–Kier alpha value is -1.77. The third-order valence-corrected chi connectivity index (χ3v) is 7.15. The maximum atomic E-state index is 12.8. The molecular formula is C19H25N3O4S. The second-order valence-corrected chi connectivity index (χ2v) is 9.17. The summed E-state index contributed by atoms with van der Waals surface area (Å²) in [5.41, 5.74) is 1.13. The average molecular weight is 391 g/mol. The molecule has 0 N–H and O–H groups in total. The number of aromatic nitrogens is 2. The molecule has 0 spiro atoms. The van der Waals surface area contributed by atoms with E-state index in [1.807, 2.05) is 12.1 Å². The number of ether oxygens (including phenoxy) is 1. The number of sulfonamides is 1. The Kier molecular flexibility index (Phi) is 5.29. The van der Waals surface area contributed by atoms with Gasteiger partial charge in [-0.15, -0.1) is 0 Å². The van der Waals surface area contributed by atoms with Crippen molar-refractivity contribution in [3.05, 3.63) is 41.5 Å². The van der Waals surface area contributed by atoms with Crippen molar-refractivity contribution in [2.45, 2.75) is 62.6 Å². The van der Waals surface area contributed by atoms with Gasteiger partial charge >= 0.3 is 0 Å². The molecule has 0 amide bonds. The zero-order valence-electron chi connectivity index (χ0n) is 15.5. The van der Waals surface area contributed by atoms with Crippen LogP contribution in [0.3, 0.4) is 0 Å². The van der Waals surface area contributed by atoms with Crippen molar-refractivity contribution < 1.29 is 17.7 Å². The van der Waals surface area contributed by atoms with Crippen molar-refractivity contribution in [2.24, 2.45) is 0 Å². The van der Waals surface area contributed by atoms with Crippen LogP contribution in [0.4, 0.5) is 0 Å². The zero-order valence-corrected chi connectivity index (χ0v) is 16.3. The molecule has 2 heterocycles. The lowest BCUT2D eigenvalue weighted by molar-refractivity contribution is -0.00119. The van der Waals surface area contributed by atoms with Crippen molar-refractivity contribution in [3.8, 4) is 0 Å². The fourth-order valence-electron chi connectivity index (χ4n) is 3.31. The van der Waals surface area contributed by atoms with Gasteiger partial charge in [-0.25, -0.2) is 8.42 Å². The first-order valence-corrected chi connectivity index (χ1v) is 11.0. The van der Waals surface area contributed by atoms with Crippen molar-refractivity contribution in [1.82, 2.24) is 14.4 Å². The minimum atomic E-state index is -3.44. The second kappa shape index (κ2) is 7.69. The van der Waals surface area contributed by atoms with Gasteiger partial charge in [0.15, 0.2) is 5.82 Å². The number of hydrogen-bond donors (Lipinski definition) is 0. The molecule has 0 radical (unpaired) electrons. The van der Waals surface area contributed by atoms with Gasteiger partial charge in [0, 0.05) is 19.0 Å². The summed E-state index contributed by atoms with van der Waals surface area (Å²) in [6, 6.07) is 7.15. The monoisotopic (exact) mass is 391 g/mol. The predicted molar refractivity (Wildman–Crippen MR) is 98.7 cm³/mol. The van der Waals surface area contributed by atoms with Gasteiger partial charge in [0.05, 0.1) is 11.0 Å². The number of nitrogens with zero attached hydrogens (tertiary/aromatic N) is 3. The van der Waals surface area contributed by atoms with Gasteiger partial charge in [0.25, 0.3) is 5.89 Å². The normalized spacial score (nSPS) is 19.4. The molecule has 2 aromatic rings. The first-order chi connectivity index (χ1) is 13.1. The molecule has 1 aliphatic heterocycles. The number of piperidine rings is 1. The van der Waals surface area contributed by atoms with E-state index in [1.165, 1.54) is 0 Å². The molecule has 1 aromatic carbocycles. The number of rotatable bonds is 7. The zero-order chi connectivity index (χ0) is 18.9. The Bertz CT molecular complexity index is 867. The second-order valence-electron chi connectivity index (χ2n) is 7.23. The van der Waals surface area contributed by atoms with Crippen LogP contribution >= 0.6 is 0 Å². The highest BCUT2D eigenvalue weighted by molar-refractivity contribution is 7.89. The SMILES string of the molecule is CCc1ccc(S(=O)(=O)N2CCC(OCc3nc(C4CC4)no3)CC2)cc1. The van der Waals surface area contributed by atoms with E-state index in [1.54, 1.807) is 16.4 Å². The Balaban J connectivity index is 1.29. The fourth-order valence-corrected chi connectivity index (χ4v) is 4.78. The van der Waals surface area contributed by atoms with Gasteiger partial charge in [-0.3, -0.25) is 0 Å². The standard InChI is InChI=1S/C19H25N3O4S/c1-2-14-3-7-17(8-4-14)27(23,24)22-11-9-16(10-12-22)25-13-18-20-19(21-26-18)15-5-6-15/h3-4,7-8,15-16H,2,5-6,9-13H2,1H3. The molecule has 27 heavy (non-hydrogen) atoms. The fraction of sp³-hybridized carbons (Fsp3) is 0.579. The molecule has 1 aromatic heterocycles. The third-order valence-electron chi connectivity index (χ3n) is 5.24. The lowest BCUT2D eigenvalue weighted by Crippen LogP contribution is -2.40. The van der Waals surface area contributed by atoms with Crippen molar-refractivity contribution >= 4 is 10.0 Å². The highest BCUT2D eigenvalue weighted by Gasteiger charge is 2.31. The van der Waals surface area contributed by atoms with Crippen LogP contribution in [0.15, 0.2) is 33.7 Å². The van der Waals surface area contributed by atoms with Crippen LogP contribution < -0.4 is 0 Å². The smallest absolute Gasteiger partial charge is 0.252 e. The molecule has 8 heteroatoms. The molecule has 4 rings (SSSR count). The summed E-state index contributed by atoms with van der Waals surface area (Å²) in [4.78, 5) is 4.71. The van der Waals surface area contributed by atoms with Crippen LogP contribution in [0.1, 0.15) is 55.8 Å². The third kappa shape index (κ3) is 4.23. The molecule has 0 bridgehead atoms. The van der Waals surface area contributed by atoms with Gasteiger partial charge in [-0.05, 0) is 49.8 Å². The van der Waals surface area contributed by atoms with Crippen molar-refractivity contribution in [2.75, 3.05) is 13.1 Å². The summed E-state index contributed by atoms with van der Waals surface area (Å²) in [7, 11) is -3.44. The highest BCUT2D eigenvalue weighted by atomic mass is 32.2. The maximum Gasteiger partial charge on any atom is 0.252 e. The van der Waals surface area contributed by atoms with E-state index in [0.29, 0.717) is 42.6 Å². The predicted octanol–water partition coefficient (Wildman–Crippen LogP) is 2.88. The summed E-state index contributed by atoms with van der Waals surface area (Å²) in [6.45, 7) is 3.25. The highest BCUT2D eigenvalue weighted by Crippen LogP contribution is 2.38. The number of benzene rings is 1. The molecule has 7 nitrogen and oxygen atoms in total. The molecule has 1 saturated heterocycles. The minimum Gasteiger partial charge on any atom is -0.368 e. The lowest BCUT2D eigenvalue weighted by Gasteiger charge is -2.30.